The zero-order valence-electron chi connectivity index (χ0n) is 15.5. The van der Waals surface area contributed by atoms with Crippen molar-refractivity contribution in [3.8, 4) is 0 Å². The van der Waals surface area contributed by atoms with E-state index < -0.39 is 0 Å². The fraction of sp³-hybridized carbons (Fsp3) is 0.190. The lowest BCUT2D eigenvalue weighted by molar-refractivity contribution is 0.0857. The summed E-state index contributed by atoms with van der Waals surface area (Å²) in [6.45, 7) is 1.99. The molecule has 2 aromatic carbocycles. The summed E-state index contributed by atoms with van der Waals surface area (Å²) in [4.78, 5) is 18.1. The summed E-state index contributed by atoms with van der Waals surface area (Å²) in [6, 6.07) is 15.4. The number of hydrogen-bond acceptors (Lipinski definition) is 4. The van der Waals surface area contributed by atoms with Crippen molar-refractivity contribution >= 4 is 17.3 Å². The number of carbonyl (C=O) groups excluding carboxylic acids is 1. The summed E-state index contributed by atoms with van der Waals surface area (Å²) in [7, 11) is 1.71. The predicted molar refractivity (Wildman–Crippen MR) is 104 cm³/mol. The number of amides is 1. The molecule has 0 saturated carbocycles. The minimum atomic E-state index is -0.295. The SMILES string of the molecule is Cc1ccc(NC(=O)c2cc(C3=NOC(c4ccc(F)cc4)C3)nn2C)cc1. The molecule has 1 aliphatic rings. The summed E-state index contributed by atoms with van der Waals surface area (Å²) >= 11 is 0. The molecule has 1 atom stereocenters. The van der Waals surface area contributed by atoms with Gasteiger partial charge in [-0.05, 0) is 42.8 Å². The van der Waals surface area contributed by atoms with Crippen LogP contribution in [0.2, 0.25) is 0 Å². The summed E-state index contributed by atoms with van der Waals surface area (Å²) in [5, 5.41) is 11.4. The fourth-order valence-electron chi connectivity index (χ4n) is 3.04. The van der Waals surface area contributed by atoms with E-state index in [1.807, 2.05) is 31.2 Å². The van der Waals surface area contributed by atoms with Crippen molar-refractivity contribution in [2.24, 2.45) is 12.2 Å². The second kappa shape index (κ2) is 7.26. The molecule has 6 nitrogen and oxygen atoms in total. The smallest absolute Gasteiger partial charge is 0.273 e. The van der Waals surface area contributed by atoms with E-state index in [1.165, 1.54) is 16.8 Å². The Bertz CT molecular complexity index is 1040. The number of aromatic nitrogens is 2. The molecule has 1 N–H and O–H groups in total. The highest BCUT2D eigenvalue weighted by Gasteiger charge is 2.26. The molecule has 7 heteroatoms. The molecule has 2 heterocycles. The molecule has 1 aliphatic heterocycles. The van der Waals surface area contributed by atoms with Crippen molar-refractivity contribution in [2.45, 2.75) is 19.4 Å². The van der Waals surface area contributed by atoms with Crippen LogP contribution >= 0.6 is 0 Å². The van der Waals surface area contributed by atoms with Gasteiger partial charge in [-0.1, -0.05) is 35.0 Å². The van der Waals surface area contributed by atoms with E-state index in [4.69, 9.17) is 4.84 Å². The van der Waals surface area contributed by atoms with E-state index in [-0.39, 0.29) is 17.8 Å². The quantitative estimate of drug-likeness (QED) is 0.746. The van der Waals surface area contributed by atoms with Crippen molar-refractivity contribution in [3.63, 3.8) is 0 Å². The Morgan fingerprint density at radius 2 is 1.89 bits per heavy atom. The van der Waals surface area contributed by atoms with Crippen molar-refractivity contribution < 1.29 is 14.0 Å². The molecule has 0 radical (unpaired) electrons. The molecule has 1 unspecified atom stereocenters. The van der Waals surface area contributed by atoms with E-state index in [9.17, 15) is 9.18 Å². The second-order valence-corrected chi connectivity index (χ2v) is 6.75. The topological polar surface area (TPSA) is 68.5 Å². The van der Waals surface area contributed by atoms with Crippen LogP contribution in [0.5, 0.6) is 0 Å². The summed E-state index contributed by atoms with van der Waals surface area (Å²) in [6.07, 6.45) is 0.212. The monoisotopic (exact) mass is 378 g/mol. The summed E-state index contributed by atoms with van der Waals surface area (Å²) in [5.41, 5.74) is 4.34. The average Bonchev–Trinajstić information content (AvgIpc) is 3.31. The number of halogens is 1. The minimum Gasteiger partial charge on any atom is -0.387 e. The van der Waals surface area contributed by atoms with Crippen LogP contribution in [-0.4, -0.2) is 21.4 Å². The second-order valence-electron chi connectivity index (χ2n) is 6.75. The van der Waals surface area contributed by atoms with Crippen LogP contribution in [0.15, 0.2) is 59.8 Å². The first-order chi connectivity index (χ1) is 13.5. The van der Waals surface area contributed by atoms with E-state index in [1.54, 1.807) is 25.2 Å². The van der Waals surface area contributed by atoms with Crippen molar-refractivity contribution in [2.75, 3.05) is 5.32 Å². The number of oxime groups is 1. The molecule has 0 fully saturated rings. The Morgan fingerprint density at radius 3 is 2.61 bits per heavy atom. The maximum absolute atomic E-state index is 13.1. The van der Waals surface area contributed by atoms with Gasteiger partial charge in [0.15, 0.2) is 6.10 Å². The molecule has 1 amide bonds. The van der Waals surface area contributed by atoms with Gasteiger partial charge in [-0.15, -0.1) is 0 Å². The number of anilines is 1. The standard InChI is InChI=1S/C21H19FN4O2/c1-13-3-9-16(10-4-13)23-21(27)19-11-17(24-26(19)2)18-12-20(28-25-18)14-5-7-15(22)8-6-14/h3-11,20H,12H2,1-2H3,(H,23,27). The third kappa shape index (κ3) is 3.64. The van der Waals surface area contributed by atoms with Crippen LogP contribution in [-0.2, 0) is 11.9 Å². The largest absolute Gasteiger partial charge is 0.387 e. The Kier molecular flexibility index (Phi) is 4.65. The Balaban J connectivity index is 1.47. The Labute approximate surface area is 161 Å². The van der Waals surface area contributed by atoms with Gasteiger partial charge in [0.25, 0.3) is 5.91 Å². The van der Waals surface area contributed by atoms with E-state index >= 15 is 0 Å². The van der Waals surface area contributed by atoms with E-state index in [0.717, 1.165) is 16.8 Å². The van der Waals surface area contributed by atoms with Gasteiger partial charge in [0.1, 0.15) is 22.9 Å². The van der Waals surface area contributed by atoms with Gasteiger partial charge in [-0.25, -0.2) is 4.39 Å². The van der Waals surface area contributed by atoms with Crippen molar-refractivity contribution in [3.05, 3.63) is 82.9 Å². The lowest BCUT2D eigenvalue weighted by Gasteiger charge is -2.07. The van der Waals surface area contributed by atoms with Crippen LogP contribution in [0.1, 0.15) is 39.8 Å². The first-order valence-corrected chi connectivity index (χ1v) is 8.90. The molecule has 0 spiro atoms. The van der Waals surface area contributed by atoms with Crippen LogP contribution in [0.4, 0.5) is 10.1 Å². The number of hydrogen-bond donors (Lipinski definition) is 1. The molecule has 3 aromatic rings. The van der Waals surface area contributed by atoms with Gasteiger partial charge >= 0.3 is 0 Å². The van der Waals surface area contributed by atoms with Gasteiger partial charge < -0.3 is 10.2 Å². The number of carbonyl (C=O) groups is 1. The van der Waals surface area contributed by atoms with Gasteiger partial charge in [0, 0.05) is 19.2 Å². The summed E-state index contributed by atoms with van der Waals surface area (Å²) in [5.74, 6) is -0.545. The lowest BCUT2D eigenvalue weighted by Crippen LogP contribution is -2.15. The van der Waals surface area contributed by atoms with Crippen LogP contribution in [0.3, 0.4) is 0 Å². The highest BCUT2D eigenvalue weighted by molar-refractivity contribution is 6.06. The fourth-order valence-corrected chi connectivity index (χ4v) is 3.04. The Hall–Kier alpha value is -3.48. The number of rotatable bonds is 4. The van der Waals surface area contributed by atoms with Crippen LogP contribution < -0.4 is 5.32 Å². The van der Waals surface area contributed by atoms with Crippen LogP contribution in [0.25, 0.3) is 0 Å². The molecule has 0 aliphatic carbocycles. The van der Waals surface area contributed by atoms with Gasteiger partial charge in [0.05, 0.1) is 0 Å². The van der Waals surface area contributed by atoms with Crippen molar-refractivity contribution in [1.29, 1.82) is 0 Å². The first kappa shape index (κ1) is 17.9. The number of aryl methyl sites for hydroxylation is 2. The highest BCUT2D eigenvalue weighted by Crippen LogP contribution is 2.29. The molecule has 0 bridgehead atoms. The molecular formula is C21H19FN4O2. The highest BCUT2D eigenvalue weighted by atomic mass is 19.1. The van der Waals surface area contributed by atoms with E-state index in [2.05, 4.69) is 15.6 Å². The Morgan fingerprint density at radius 1 is 1.18 bits per heavy atom. The average molecular weight is 378 g/mol. The zero-order valence-corrected chi connectivity index (χ0v) is 15.5. The van der Waals surface area contributed by atoms with Gasteiger partial charge in [0.2, 0.25) is 0 Å². The molecule has 4 rings (SSSR count). The van der Waals surface area contributed by atoms with Crippen molar-refractivity contribution in [1.82, 2.24) is 9.78 Å². The van der Waals surface area contributed by atoms with E-state index in [0.29, 0.717) is 23.5 Å². The normalized spacial score (nSPS) is 15.8. The molecule has 1 aromatic heterocycles. The number of nitrogens with zero attached hydrogens (tertiary/aromatic N) is 3. The van der Waals surface area contributed by atoms with Gasteiger partial charge in [-0.3, -0.25) is 9.48 Å². The lowest BCUT2D eigenvalue weighted by atomic mass is 10.0. The maximum Gasteiger partial charge on any atom is 0.273 e. The molecular weight excluding hydrogens is 359 g/mol. The third-order valence-corrected chi connectivity index (χ3v) is 4.63. The number of benzene rings is 2. The third-order valence-electron chi connectivity index (χ3n) is 4.63. The van der Waals surface area contributed by atoms with Gasteiger partial charge in [-0.2, -0.15) is 5.10 Å². The van der Waals surface area contributed by atoms with Crippen LogP contribution in [0, 0.1) is 12.7 Å². The maximum atomic E-state index is 13.1. The summed E-state index contributed by atoms with van der Waals surface area (Å²) < 4.78 is 14.6. The number of nitrogens with one attached hydrogen (secondary N) is 1. The first-order valence-electron chi connectivity index (χ1n) is 8.90. The minimum absolute atomic E-state index is 0.250. The molecule has 0 saturated heterocycles. The predicted octanol–water partition coefficient (Wildman–Crippen LogP) is 3.99. The molecule has 142 valence electrons. The molecule has 28 heavy (non-hydrogen) atoms. The zero-order chi connectivity index (χ0) is 19.7.